The first-order chi connectivity index (χ1) is 15.1. The van der Waals surface area contributed by atoms with E-state index >= 15 is 0 Å². The molecule has 3 aromatic rings. The first kappa shape index (κ1) is 23.3. The van der Waals surface area contributed by atoms with E-state index in [-0.39, 0.29) is 0 Å². The number of halogens is 2. The van der Waals surface area contributed by atoms with Gasteiger partial charge in [0.2, 0.25) is 0 Å². The van der Waals surface area contributed by atoms with E-state index in [4.69, 9.17) is 37.4 Å². The zero-order valence-electron chi connectivity index (χ0n) is 17.8. The SMILES string of the molecule is CCOc1cc(CNCCc2ccc(OC)cc2)ccc1OCc1ccc(Cl)c(Cl)c1. The Balaban J connectivity index is 1.54. The number of rotatable bonds is 11. The molecule has 0 aromatic heterocycles. The van der Waals surface area contributed by atoms with Crippen molar-refractivity contribution in [3.63, 3.8) is 0 Å². The van der Waals surface area contributed by atoms with Gasteiger partial charge in [-0.1, -0.05) is 47.5 Å². The zero-order chi connectivity index (χ0) is 22.1. The van der Waals surface area contributed by atoms with E-state index in [0.717, 1.165) is 42.1 Å². The highest BCUT2D eigenvalue weighted by Crippen LogP contribution is 2.30. The summed E-state index contributed by atoms with van der Waals surface area (Å²) >= 11 is 12.1. The molecule has 164 valence electrons. The lowest BCUT2D eigenvalue weighted by atomic mass is 10.1. The molecule has 4 nitrogen and oxygen atoms in total. The lowest BCUT2D eigenvalue weighted by Crippen LogP contribution is -2.16. The first-order valence-corrected chi connectivity index (χ1v) is 11.0. The minimum atomic E-state index is 0.385. The van der Waals surface area contributed by atoms with Crippen molar-refractivity contribution in [2.45, 2.75) is 26.5 Å². The van der Waals surface area contributed by atoms with Crippen LogP contribution in [0.1, 0.15) is 23.6 Å². The predicted octanol–water partition coefficient (Wildman–Crippen LogP) is 6.31. The van der Waals surface area contributed by atoms with Crippen molar-refractivity contribution in [2.75, 3.05) is 20.3 Å². The van der Waals surface area contributed by atoms with E-state index in [1.165, 1.54) is 5.56 Å². The summed E-state index contributed by atoms with van der Waals surface area (Å²) in [5.74, 6) is 2.31. The molecule has 0 radical (unpaired) electrons. The Labute approximate surface area is 194 Å². The fraction of sp³-hybridized carbons (Fsp3) is 0.280. The molecule has 0 aliphatic rings. The maximum absolute atomic E-state index is 6.09. The highest BCUT2D eigenvalue weighted by Gasteiger charge is 2.08. The van der Waals surface area contributed by atoms with Crippen LogP contribution >= 0.6 is 23.2 Å². The third-order valence-electron chi connectivity index (χ3n) is 4.76. The minimum Gasteiger partial charge on any atom is -0.497 e. The molecule has 0 spiro atoms. The molecule has 1 N–H and O–H groups in total. The largest absolute Gasteiger partial charge is 0.497 e. The maximum Gasteiger partial charge on any atom is 0.161 e. The lowest BCUT2D eigenvalue weighted by Gasteiger charge is -2.14. The van der Waals surface area contributed by atoms with Crippen LogP contribution in [-0.2, 0) is 19.6 Å². The van der Waals surface area contributed by atoms with Crippen LogP contribution in [0.15, 0.2) is 60.7 Å². The Hall–Kier alpha value is -2.40. The summed E-state index contributed by atoms with van der Waals surface area (Å²) in [6, 6.07) is 19.7. The summed E-state index contributed by atoms with van der Waals surface area (Å²) in [5, 5.41) is 4.53. The second kappa shape index (κ2) is 11.8. The van der Waals surface area contributed by atoms with Gasteiger partial charge in [-0.3, -0.25) is 0 Å². The first-order valence-electron chi connectivity index (χ1n) is 10.2. The van der Waals surface area contributed by atoms with Gasteiger partial charge < -0.3 is 19.5 Å². The van der Waals surface area contributed by atoms with Crippen molar-refractivity contribution in [1.82, 2.24) is 5.32 Å². The molecule has 0 saturated heterocycles. The Morgan fingerprint density at radius 1 is 0.774 bits per heavy atom. The molecule has 0 saturated carbocycles. The van der Waals surface area contributed by atoms with Crippen molar-refractivity contribution in [1.29, 1.82) is 0 Å². The Bertz CT molecular complexity index is 977. The maximum atomic E-state index is 6.09. The molecule has 0 unspecified atom stereocenters. The summed E-state index contributed by atoms with van der Waals surface area (Å²) in [4.78, 5) is 0. The van der Waals surface area contributed by atoms with Crippen molar-refractivity contribution in [3.05, 3.63) is 87.4 Å². The van der Waals surface area contributed by atoms with Gasteiger partial charge in [0.25, 0.3) is 0 Å². The fourth-order valence-corrected chi connectivity index (χ4v) is 3.42. The van der Waals surface area contributed by atoms with Crippen LogP contribution in [-0.4, -0.2) is 20.3 Å². The highest BCUT2D eigenvalue weighted by atomic mass is 35.5. The topological polar surface area (TPSA) is 39.7 Å². The van der Waals surface area contributed by atoms with Crippen LogP contribution in [0.5, 0.6) is 17.2 Å². The summed E-state index contributed by atoms with van der Waals surface area (Å²) < 4.78 is 17.0. The van der Waals surface area contributed by atoms with Crippen LogP contribution in [0.3, 0.4) is 0 Å². The van der Waals surface area contributed by atoms with Crippen molar-refractivity contribution >= 4 is 23.2 Å². The molecule has 31 heavy (non-hydrogen) atoms. The summed E-state index contributed by atoms with van der Waals surface area (Å²) in [6.45, 7) is 4.55. The van der Waals surface area contributed by atoms with E-state index in [9.17, 15) is 0 Å². The summed E-state index contributed by atoms with van der Waals surface area (Å²) in [7, 11) is 1.68. The van der Waals surface area contributed by atoms with E-state index < -0.39 is 0 Å². The van der Waals surface area contributed by atoms with Crippen LogP contribution < -0.4 is 19.5 Å². The Morgan fingerprint density at radius 2 is 1.52 bits per heavy atom. The van der Waals surface area contributed by atoms with Gasteiger partial charge in [0.05, 0.1) is 23.8 Å². The van der Waals surface area contributed by atoms with E-state index in [0.29, 0.717) is 29.0 Å². The van der Waals surface area contributed by atoms with Crippen LogP contribution in [0, 0.1) is 0 Å². The van der Waals surface area contributed by atoms with Gasteiger partial charge in [0.1, 0.15) is 12.4 Å². The highest BCUT2D eigenvalue weighted by molar-refractivity contribution is 6.42. The normalized spacial score (nSPS) is 10.7. The monoisotopic (exact) mass is 459 g/mol. The second-order valence-corrected chi connectivity index (χ2v) is 7.84. The second-order valence-electron chi connectivity index (χ2n) is 7.03. The summed E-state index contributed by atoms with van der Waals surface area (Å²) in [6.07, 6.45) is 0.952. The quantitative estimate of drug-likeness (QED) is 0.341. The van der Waals surface area contributed by atoms with E-state index in [2.05, 4.69) is 17.4 Å². The lowest BCUT2D eigenvalue weighted by molar-refractivity contribution is 0.269. The zero-order valence-corrected chi connectivity index (χ0v) is 19.3. The third-order valence-corrected chi connectivity index (χ3v) is 5.50. The average molecular weight is 460 g/mol. The molecule has 3 rings (SSSR count). The van der Waals surface area contributed by atoms with Crippen LogP contribution in [0.4, 0.5) is 0 Å². The number of hydrogen-bond donors (Lipinski definition) is 1. The van der Waals surface area contributed by atoms with Crippen molar-refractivity contribution < 1.29 is 14.2 Å². The molecule has 0 fully saturated rings. The van der Waals surface area contributed by atoms with Gasteiger partial charge >= 0.3 is 0 Å². The average Bonchev–Trinajstić information content (AvgIpc) is 2.79. The Kier molecular flexibility index (Phi) is 8.89. The minimum absolute atomic E-state index is 0.385. The smallest absolute Gasteiger partial charge is 0.161 e. The summed E-state index contributed by atoms with van der Waals surface area (Å²) in [5.41, 5.74) is 3.36. The number of ether oxygens (including phenoxy) is 3. The molecule has 3 aromatic carbocycles. The number of nitrogens with one attached hydrogen (secondary N) is 1. The fourth-order valence-electron chi connectivity index (χ4n) is 3.10. The molecule has 0 aliphatic carbocycles. The molecule has 0 bridgehead atoms. The van der Waals surface area contributed by atoms with Crippen molar-refractivity contribution in [2.24, 2.45) is 0 Å². The molecule has 0 heterocycles. The van der Waals surface area contributed by atoms with Crippen LogP contribution in [0.25, 0.3) is 0 Å². The number of hydrogen-bond acceptors (Lipinski definition) is 4. The molecular formula is C25H27Cl2NO3. The van der Waals surface area contributed by atoms with Gasteiger partial charge in [-0.15, -0.1) is 0 Å². The van der Waals surface area contributed by atoms with Crippen molar-refractivity contribution in [3.8, 4) is 17.2 Å². The number of methoxy groups -OCH3 is 1. The number of benzene rings is 3. The van der Waals surface area contributed by atoms with Gasteiger partial charge in [0.15, 0.2) is 11.5 Å². The molecule has 0 aliphatic heterocycles. The molecule has 6 heteroatoms. The van der Waals surface area contributed by atoms with E-state index in [1.807, 2.05) is 49.4 Å². The van der Waals surface area contributed by atoms with Gasteiger partial charge in [-0.25, -0.2) is 0 Å². The Morgan fingerprint density at radius 3 is 2.23 bits per heavy atom. The van der Waals surface area contributed by atoms with Crippen LogP contribution in [0.2, 0.25) is 10.0 Å². The molecular weight excluding hydrogens is 433 g/mol. The van der Waals surface area contributed by atoms with Gasteiger partial charge in [0, 0.05) is 6.54 Å². The van der Waals surface area contributed by atoms with E-state index in [1.54, 1.807) is 13.2 Å². The molecule has 0 amide bonds. The van der Waals surface area contributed by atoms with Gasteiger partial charge in [-0.05, 0) is 73.0 Å². The van der Waals surface area contributed by atoms with Gasteiger partial charge in [-0.2, -0.15) is 0 Å². The third kappa shape index (κ3) is 7.06. The molecule has 0 atom stereocenters. The predicted molar refractivity (Wildman–Crippen MR) is 127 cm³/mol. The standard InChI is InChI=1S/C25H27Cl2NO3/c1-3-30-25-15-19(16-28-13-12-18-4-8-21(29-2)9-5-18)7-11-24(25)31-17-20-6-10-22(26)23(27)14-20/h4-11,14-15,28H,3,12-13,16-17H2,1-2H3.